The van der Waals surface area contributed by atoms with Crippen molar-refractivity contribution in [1.29, 1.82) is 0 Å². The minimum atomic E-state index is 0.426. The van der Waals surface area contributed by atoms with Crippen molar-refractivity contribution >= 4 is 21.8 Å². The molecule has 34 heavy (non-hydrogen) atoms. The number of nitrogens with zero attached hydrogens (tertiary/aromatic N) is 2. The smallest absolute Gasteiger partial charge is 0.147 e. The van der Waals surface area contributed by atoms with E-state index in [9.17, 15) is 0 Å². The molecule has 0 unspecified atom stereocenters. The van der Waals surface area contributed by atoms with E-state index in [1.165, 1.54) is 10.8 Å². The zero-order valence-electron chi connectivity index (χ0n) is 19.3. The highest BCUT2D eigenvalue weighted by molar-refractivity contribution is 5.83. The van der Waals surface area contributed by atoms with E-state index in [1.54, 1.807) is 7.11 Å². The van der Waals surface area contributed by atoms with E-state index in [2.05, 4.69) is 47.0 Å². The zero-order chi connectivity index (χ0) is 23.2. The topological polar surface area (TPSA) is 45.5 Å². The first-order valence-corrected chi connectivity index (χ1v) is 11.6. The summed E-state index contributed by atoms with van der Waals surface area (Å²) in [5.74, 6) is 3.48. The maximum Gasteiger partial charge on any atom is 0.147 e. The molecule has 0 saturated heterocycles. The molecule has 5 heteroatoms. The maximum atomic E-state index is 6.16. The van der Waals surface area contributed by atoms with E-state index < -0.39 is 0 Å². The normalized spacial score (nSPS) is 11.1. The molecular formula is C29H28N2O3. The van der Waals surface area contributed by atoms with Gasteiger partial charge in [-0.05, 0) is 72.1 Å². The first kappa shape index (κ1) is 21.8. The quantitative estimate of drug-likeness (QED) is 0.223. The van der Waals surface area contributed by atoms with Crippen molar-refractivity contribution in [1.82, 2.24) is 9.55 Å². The molecule has 0 radical (unpaired) electrons. The van der Waals surface area contributed by atoms with Gasteiger partial charge in [-0.2, -0.15) is 0 Å². The number of fused-ring (bicyclic) bond motifs is 2. The zero-order valence-corrected chi connectivity index (χ0v) is 19.3. The number of hydrogen-bond acceptors (Lipinski definition) is 4. The van der Waals surface area contributed by atoms with Crippen molar-refractivity contribution in [2.45, 2.75) is 26.0 Å². The molecule has 0 fully saturated rings. The summed E-state index contributed by atoms with van der Waals surface area (Å²) < 4.78 is 19.5. The first-order chi connectivity index (χ1) is 16.8. The summed E-state index contributed by atoms with van der Waals surface area (Å²) in [5.41, 5.74) is 2.13. The van der Waals surface area contributed by atoms with E-state index in [0.717, 1.165) is 53.5 Å². The van der Waals surface area contributed by atoms with Crippen LogP contribution in [-0.2, 0) is 13.2 Å². The molecule has 0 amide bonds. The number of hydrogen-bond donors (Lipinski definition) is 0. The number of para-hydroxylation sites is 2. The molecule has 1 heterocycles. The van der Waals surface area contributed by atoms with Crippen molar-refractivity contribution < 1.29 is 14.2 Å². The Morgan fingerprint density at radius 1 is 0.706 bits per heavy atom. The molecule has 4 aromatic carbocycles. The SMILES string of the molecule is COc1ccc(OCCCCn2c(COc3ccc4ccccc4c3)nc3ccccc32)cc1. The summed E-state index contributed by atoms with van der Waals surface area (Å²) >= 11 is 0. The van der Waals surface area contributed by atoms with Gasteiger partial charge in [0.2, 0.25) is 0 Å². The molecule has 0 spiro atoms. The van der Waals surface area contributed by atoms with Gasteiger partial charge in [-0.1, -0.05) is 42.5 Å². The van der Waals surface area contributed by atoms with Gasteiger partial charge in [0.15, 0.2) is 0 Å². The number of rotatable bonds is 10. The predicted octanol–water partition coefficient (Wildman–Crippen LogP) is 6.64. The Kier molecular flexibility index (Phi) is 6.61. The Morgan fingerprint density at radius 2 is 1.44 bits per heavy atom. The van der Waals surface area contributed by atoms with Crippen molar-refractivity contribution in [2.75, 3.05) is 13.7 Å². The molecule has 0 bridgehead atoms. The fraction of sp³-hybridized carbons (Fsp3) is 0.207. The summed E-state index contributed by atoms with van der Waals surface area (Å²) in [6.45, 7) is 1.96. The fourth-order valence-corrected chi connectivity index (χ4v) is 4.12. The van der Waals surface area contributed by atoms with Crippen LogP contribution in [0.1, 0.15) is 18.7 Å². The molecule has 0 aliphatic rings. The van der Waals surface area contributed by atoms with Crippen molar-refractivity contribution in [3.8, 4) is 17.2 Å². The van der Waals surface area contributed by atoms with Crippen LogP contribution in [-0.4, -0.2) is 23.3 Å². The number of imidazole rings is 1. The number of ether oxygens (including phenoxy) is 3. The second kappa shape index (κ2) is 10.3. The second-order valence-corrected chi connectivity index (χ2v) is 8.20. The van der Waals surface area contributed by atoms with Crippen molar-refractivity contribution in [3.63, 3.8) is 0 Å². The Bertz CT molecular complexity index is 1380. The summed E-state index contributed by atoms with van der Waals surface area (Å²) in [6.07, 6.45) is 1.93. The van der Waals surface area contributed by atoms with Gasteiger partial charge >= 0.3 is 0 Å². The van der Waals surface area contributed by atoms with Gasteiger partial charge in [-0.25, -0.2) is 4.98 Å². The highest BCUT2D eigenvalue weighted by atomic mass is 16.5. The third-order valence-corrected chi connectivity index (χ3v) is 5.93. The van der Waals surface area contributed by atoms with Crippen LogP contribution in [0.5, 0.6) is 17.2 Å². The van der Waals surface area contributed by atoms with Gasteiger partial charge < -0.3 is 18.8 Å². The highest BCUT2D eigenvalue weighted by Gasteiger charge is 2.11. The minimum absolute atomic E-state index is 0.426. The van der Waals surface area contributed by atoms with Crippen molar-refractivity contribution in [2.24, 2.45) is 0 Å². The Morgan fingerprint density at radius 3 is 2.29 bits per heavy atom. The summed E-state index contributed by atoms with van der Waals surface area (Å²) in [4.78, 5) is 4.85. The number of methoxy groups -OCH3 is 1. The molecule has 0 atom stereocenters. The molecule has 172 valence electrons. The highest BCUT2D eigenvalue weighted by Crippen LogP contribution is 2.23. The third-order valence-electron chi connectivity index (χ3n) is 5.93. The van der Waals surface area contributed by atoms with Crippen LogP contribution >= 0.6 is 0 Å². The van der Waals surface area contributed by atoms with Gasteiger partial charge in [0, 0.05) is 6.54 Å². The van der Waals surface area contributed by atoms with Crippen LogP contribution < -0.4 is 14.2 Å². The summed E-state index contributed by atoms with van der Waals surface area (Å²) in [7, 11) is 1.66. The third kappa shape index (κ3) is 4.99. The van der Waals surface area contributed by atoms with E-state index >= 15 is 0 Å². The van der Waals surface area contributed by atoms with Gasteiger partial charge in [0.25, 0.3) is 0 Å². The number of aromatic nitrogens is 2. The lowest BCUT2D eigenvalue weighted by molar-refractivity contribution is 0.285. The van der Waals surface area contributed by atoms with E-state index in [0.29, 0.717) is 13.2 Å². The second-order valence-electron chi connectivity index (χ2n) is 8.20. The van der Waals surface area contributed by atoms with Gasteiger partial charge in [0.1, 0.15) is 29.7 Å². The number of benzene rings is 4. The molecule has 0 saturated carbocycles. The van der Waals surface area contributed by atoms with Crippen molar-refractivity contribution in [3.05, 3.63) is 96.8 Å². The minimum Gasteiger partial charge on any atom is -0.497 e. The molecule has 5 rings (SSSR count). The lowest BCUT2D eigenvalue weighted by Crippen LogP contribution is -2.09. The van der Waals surface area contributed by atoms with Crippen LogP contribution in [0.4, 0.5) is 0 Å². The molecule has 0 aliphatic heterocycles. The number of aryl methyl sites for hydroxylation is 1. The molecular weight excluding hydrogens is 424 g/mol. The fourth-order valence-electron chi connectivity index (χ4n) is 4.12. The van der Waals surface area contributed by atoms with Crippen LogP contribution in [0.2, 0.25) is 0 Å². The van der Waals surface area contributed by atoms with E-state index in [-0.39, 0.29) is 0 Å². The van der Waals surface area contributed by atoms with Gasteiger partial charge in [-0.15, -0.1) is 0 Å². The average Bonchev–Trinajstić information content (AvgIpc) is 3.25. The molecule has 0 N–H and O–H groups in total. The molecule has 0 aliphatic carbocycles. The first-order valence-electron chi connectivity index (χ1n) is 11.6. The molecule has 5 nitrogen and oxygen atoms in total. The van der Waals surface area contributed by atoms with E-state index in [4.69, 9.17) is 19.2 Å². The molecule has 5 aromatic rings. The van der Waals surface area contributed by atoms with E-state index in [1.807, 2.05) is 48.5 Å². The predicted molar refractivity (Wildman–Crippen MR) is 136 cm³/mol. The lowest BCUT2D eigenvalue weighted by Gasteiger charge is -2.12. The maximum absolute atomic E-state index is 6.16. The number of unbranched alkanes of at least 4 members (excludes halogenated alkanes) is 1. The Labute approximate surface area is 199 Å². The van der Waals surface area contributed by atoms with Crippen LogP contribution in [0, 0.1) is 0 Å². The monoisotopic (exact) mass is 452 g/mol. The summed E-state index contributed by atoms with van der Waals surface area (Å²) in [5, 5.41) is 2.38. The lowest BCUT2D eigenvalue weighted by atomic mass is 10.1. The standard InChI is InChI=1S/C29H28N2O3/c1-32-24-14-16-25(17-15-24)33-19-7-6-18-31-28-11-5-4-10-27(28)30-29(31)21-34-26-13-12-22-8-2-3-9-23(22)20-26/h2-5,8-17,20H,6-7,18-19,21H2,1H3. The van der Waals surface area contributed by atoms with Gasteiger partial charge in [-0.3, -0.25) is 0 Å². The Hall–Kier alpha value is -3.99. The van der Waals surface area contributed by atoms with Crippen LogP contribution in [0.15, 0.2) is 91.0 Å². The van der Waals surface area contributed by atoms with Gasteiger partial charge in [0.05, 0.1) is 24.8 Å². The largest absolute Gasteiger partial charge is 0.497 e. The summed E-state index contributed by atoms with van der Waals surface area (Å²) in [6, 6.07) is 30.4. The molecule has 1 aromatic heterocycles. The average molecular weight is 453 g/mol. The van der Waals surface area contributed by atoms with Crippen LogP contribution in [0.25, 0.3) is 21.8 Å². The Balaban J connectivity index is 1.22. The van der Waals surface area contributed by atoms with Crippen LogP contribution in [0.3, 0.4) is 0 Å².